The molecule has 1 amide bonds. The number of halogens is 4. The lowest BCUT2D eigenvalue weighted by atomic mass is 9.87. The molecule has 1 fully saturated rings. The Kier molecular flexibility index (Phi) is 6.29. The van der Waals surface area contributed by atoms with Gasteiger partial charge in [-0.1, -0.05) is 6.92 Å². The van der Waals surface area contributed by atoms with Gasteiger partial charge in [0.2, 0.25) is 0 Å². The summed E-state index contributed by atoms with van der Waals surface area (Å²) in [5.74, 6) is -7.42. The van der Waals surface area contributed by atoms with Crippen LogP contribution in [0.4, 0.5) is 29.1 Å². The number of primary sulfonamides is 1. The molecule has 2 aromatic heterocycles. The van der Waals surface area contributed by atoms with Crippen LogP contribution in [0.25, 0.3) is 0 Å². The second-order valence-corrected chi connectivity index (χ2v) is 10.6. The SMILES string of the molecule is Cc1c2c(nc(N3CCC(F)(F)C(C)C3)c1C(=O)Nc1ccnc(S(N)(=O)=O)c1)CCC(F)(F)C2. The number of fused-ring (bicyclic) bond motifs is 1. The van der Waals surface area contributed by atoms with Gasteiger partial charge in [-0.3, -0.25) is 4.79 Å². The molecule has 2 aliphatic rings. The van der Waals surface area contributed by atoms with E-state index in [1.807, 2.05) is 0 Å². The molecule has 2 aromatic rings. The monoisotopic (exact) mass is 515 g/mol. The Morgan fingerprint density at radius 2 is 1.97 bits per heavy atom. The number of aryl methyl sites for hydroxylation is 1. The van der Waals surface area contributed by atoms with Crippen LogP contribution in [0.15, 0.2) is 23.4 Å². The summed E-state index contributed by atoms with van der Waals surface area (Å²) in [6.07, 6.45) is -0.268. The number of alkyl halides is 4. The van der Waals surface area contributed by atoms with Gasteiger partial charge < -0.3 is 10.2 Å². The van der Waals surface area contributed by atoms with Crippen molar-refractivity contribution >= 4 is 27.4 Å². The van der Waals surface area contributed by atoms with E-state index < -0.39 is 51.6 Å². The van der Waals surface area contributed by atoms with Gasteiger partial charge in [-0.2, -0.15) is 0 Å². The number of aromatic nitrogens is 2. The normalized spacial score (nSPS) is 21.3. The van der Waals surface area contributed by atoms with E-state index in [1.165, 1.54) is 19.9 Å². The number of nitrogens with two attached hydrogens (primary N) is 1. The average molecular weight is 516 g/mol. The van der Waals surface area contributed by atoms with Crippen LogP contribution in [-0.4, -0.2) is 49.2 Å². The van der Waals surface area contributed by atoms with Gasteiger partial charge in [0.05, 0.1) is 5.56 Å². The summed E-state index contributed by atoms with van der Waals surface area (Å²) < 4.78 is 79.9. The number of pyridine rings is 2. The molecular formula is C22H25F4N5O3S. The van der Waals surface area contributed by atoms with E-state index in [4.69, 9.17) is 5.14 Å². The van der Waals surface area contributed by atoms with Crippen molar-refractivity contribution in [2.24, 2.45) is 11.1 Å². The molecule has 1 aliphatic carbocycles. The summed E-state index contributed by atoms with van der Waals surface area (Å²) in [7, 11) is -4.14. The lowest BCUT2D eigenvalue weighted by molar-refractivity contribution is -0.0652. The Morgan fingerprint density at radius 3 is 2.63 bits per heavy atom. The molecule has 4 rings (SSSR count). The number of piperidine rings is 1. The number of hydrogen-bond acceptors (Lipinski definition) is 6. The highest BCUT2D eigenvalue weighted by Gasteiger charge is 2.43. The fourth-order valence-electron chi connectivity index (χ4n) is 4.49. The molecule has 0 saturated carbocycles. The summed E-state index contributed by atoms with van der Waals surface area (Å²) in [6, 6.07) is 2.40. The largest absolute Gasteiger partial charge is 0.355 e. The van der Waals surface area contributed by atoms with Gasteiger partial charge >= 0.3 is 0 Å². The molecule has 3 heterocycles. The molecule has 1 aliphatic heterocycles. The Balaban J connectivity index is 1.78. The molecule has 35 heavy (non-hydrogen) atoms. The summed E-state index contributed by atoms with van der Waals surface area (Å²) in [5, 5.41) is 7.17. The summed E-state index contributed by atoms with van der Waals surface area (Å²) >= 11 is 0. The maximum absolute atomic E-state index is 14.2. The Morgan fingerprint density at radius 1 is 1.26 bits per heavy atom. The van der Waals surface area contributed by atoms with Crippen LogP contribution in [-0.2, 0) is 22.9 Å². The first kappa shape index (κ1) is 25.3. The van der Waals surface area contributed by atoms with Crippen molar-refractivity contribution in [3.05, 3.63) is 40.7 Å². The lowest BCUT2D eigenvalue weighted by Gasteiger charge is -2.39. The maximum atomic E-state index is 14.2. The van der Waals surface area contributed by atoms with Gasteiger partial charge in [0, 0.05) is 61.9 Å². The smallest absolute Gasteiger partial charge is 0.259 e. The molecule has 0 bridgehead atoms. The second kappa shape index (κ2) is 8.70. The zero-order valence-corrected chi connectivity index (χ0v) is 19.9. The van der Waals surface area contributed by atoms with Crippen molar-refractivity contribution in [2.75, 3.05) is 23.3 Å². The van der Waals surface area contributed by atoms with E-state index >= 15 is 0 Å². The van der Waals surface area contributed by atoms with E-state index in [2.05, 4.69) is 15.3 Å². The Labute approximate surface area is 200 Å². The van der Waals surface area contributed by atoms with E-state index in [-0.39, 0.29) is 54.1 Å². The molecule has 1 saturated heterocycles. The third-order valence-electron chi connectivity index (χ3n) is 6.54. The quantitative estimate of drug-likeness (QED) is 0.604. The molecule has 0 spiro atoms. The first-order valence-corrected chi connectivity index (χ1v) is 12.6. The van der Waals surface area contributed by atoms with Crippen molar-refractivity contribution in [1.82, 2.24) is 9.97 Å². The molecule has 0 radical (unpaired) electrons. The predicted molar refractivity (Wildman–Crippen MR) is 120 cm³/mol. The van der Waals surface area contributed by atoms with Crippen LogP contribution in [0.2, 0.25) is 0 Å². The third-order valence-corrected chi connectivity index (χ3v) is 7.35. The number of amides is 1. The van der Waals surface area contributed by atoms with Crippen molar-refractivity contribution in [3.8, 4) is 0 Å². The first-order valence-electron chi connectivity index (χ1n) is 11.0. The van der Waals surface area contributed by atoms with Gasteiger partial charge in [0.1, 0.15) is 5.82 Å². The number of anilines is 2. The summed E-state index contributed by atoms with van der Waals surface area (Å²) in [6.45, 7) is 2.80. The average Bonchev–Trinajstić information content (AvgIpc) is 2.75. The van der Waals surface area contributed by atoms with E-state index in [0.29, 0.717) is 5.69 Å². The van der Waals surface area contributed by atoms with E-state index in [0.717, 1.165) is 12.3 Å². The number of hydrogen-bond donors (Lipinski definition) is 2. The number of sulfonamides is 1. The number of nitrogens with one attached hydrogen (secondary N) is 1. The van der Waals surface area contributed by atoms with Gasteiger partial charge in [-0.25, -0.2) is 41.1 Å². The summed E-state index contributed by atoms with van der Waals surface area (Å²) in [4.78, 5) is 23.2. The van der Waals surface area contributed by atoms with Crippen molar-refractivity contribution in [1.29, 1.82) is 0 Å². The highest BCUT2D eigenvalue weighted by atomic mass is 32.2. The minimum Gasteiger partial charge on any atom is -0.355 e. The first-order chi connectivity index (χ1) is 16.2. The van der Waals surface area contributed by atoms with Crippen molar-refractivity contribution in [3.63, 3.8) is 0 Å². The topological polar surface area (TPSA) is 118 Å². The fourth-order valence-corrected chi connectivity index (χ4v) is 4.99. The zero-order valence-electron chi connectivity index (χ0n) is 19.1. The molecule has 8 nitrogen and oxygen atoms in total. The molecule has 13 heteroatoms. The number of nitrogens with zero attached hydrogens (tertiary/aromatic N) is 3. The van der Waals surface area contributed by atoms with Crippen LogP contribution in [0.5, 0.6) is 0 Å². The number of carbonyl (C=O) groups is 1. The highest BCUT2D eigenvalue weighted by Crippen LogP contribution is 2.40. The minimum atomic E-state index is -4.14. The molecule has 1 unspecified atom stereocenters. The van der Waals surface area contributed by atoms with Crippen molar-refractivity contribution in [2.45, 2.75) is 56.4 Å². The van der Waals surface area contributed by atoms with E-state index in [9.17, 15) is 30.8 Å². The zero-order chi connectivity index (χ0) is 25.8. The van der Waals surface area contributed by atoms with Gasteiger partial charge in [0.15, 0.2) is 5.03 Å². The van der Waals surface area contributed by atoms with E-state index in [1.54, 1.807) is 4.90 Å². The summed E-state index contributed by atoms with van der Waals surface area (Å²) in [5.41, 5.74) is 0.997. The molecule has 3 N–H and O–H groups in total. The van der Waals surface area contributed by atoms with Crippen LogP contribution in [0.1, 0.15) is 46.9 Å². The minimum absolute atomic E-state index is 0.000298. The lowest BCUT2D eigenvalue weighted by Crippen LogP contribution is -2.47. The fraction of sp³-hybridized carbons (Fsp3) is 0.500. The standard InChI is InChI=1S/C22H25F4N5O3S/c1-12-11-31(8-6-22(12,25)26)19-18(13(2)15-10-21(23,24)5-3-16(15)30-19)20(32)29-14-4-7-28-17(9-14)35(27,33)34/h4,7,9,12H,3,5-6,8,10-11H2,1-2H3,(H2,27,33,34)(H,28,29,32). The van der Waals surface area contributed by atoms with Crippen molar-refractivity contribution < 1.29 is 30.8 Å². The maximum Gasteiger partial charge on any atom is 0.259 e. The van der Waals surface area contributed by atoms with Crippen LogP contribution >= 0.6 is 0 Å². The molecule has 190 valence electrons. The Bertz CT molecular complexity index is 1290. The molecule has 1 atom stereocenters. The third kappa shape index (κ3) is 5.10. The van der Waals surface area contributed by atoms with Crippen LogP contribution in [0.3, 0.4) is 0 Å². The molecular weight excluding hydrogens is 490 g/mol. The van der Waals surface area contributed by atoms with Gasteiger partial charge in [-0.15, -0.1) is 0 Å². The van der Waals surface area contributed by atoms with Gasteiger partial charge in [-0.05, 0) is 30.5 Å². The van der Waals surface area contributed by atoms with Crippen LogP contribution in [0, 0.1) is 12.8 Å². The highest BCUT2D eigenvalue weighted by molar-refractivity contribution is 7.89. The number of rotatable bonds is 4. The van der Waals surface area contributed by atoms with Crippen LogP contribution < -0.4 is 15.4 Å². The molecule has 0 aromatic carbocycles. The predicted octanol–water partition coefficient (Wildman–Crippen LogP) is 3.29. The second-order valence-electron chi connectivity index (χ2n) is 9.13. The van der Waals surface area contributed by atoms with Gasteiger partial charge in [0.25, 0.3) is 27.8 Å². The number of carbonyl (C=O) groups excluding carboxylic acids is 1. The Hall–Kier alpha value is -2.80.